The number of fused-ring (bicyclic) bond motifs is 3. The topological polar surface area (TPSA) is 3.24 Å². The standard InChI is InChI=1S/C57H51N/c1-55(2,3)43-30-34-47(35-31-43)58(48-36-32-44(33-37-48)56(4,5)6)54-39-53-51(38-50(54)42-28-26-41(27-29-42)40-18-10-7-11-19-40)49-24-16-17-25-52(49)57(53,45-20-12-8-13-21-45)46-22-14-9-15-23-46/h7-39H,1-6H3. The summed E-state index contributed by atoms with van der Waals surface area (Å²) in [7, 11) is 0. The van der Waals surface area contributed by atoms with Gasteiger partial charge in [-0.2, -0.15) is 0 Å². The summed E-state index contributed by atoms with van der Waals surface area (Å²) in [5, 5.41) is 0. The molecule has 1 nitrogen and oxygen atoms in total. The molecule has 0 atom stereocenters. The van der Waals surface area contributed by atoms with Crippen molar-refractivity contribution in [1.82, 2.24) is 0 Å². The molecule has 0 N–H and O–H groups in total. The molecule has 284 valence electrons. The first-order valence-corrected chi connectivity index (χ1v) is 20.6. The lowest BCUT2D eigenvalue weighted by atomic mass is 9.67. The SMILES string of the molecule is CC(C)(C)c1ccc(N(c2ccc(C(C)(C)C)cc2)c2cc3c(cc2-c2ccc(-c4ccccc4)cc2)-c2ccccc2C3(c2ccccc2)c2ccccc2)cc1. The van der Waals surface area contributed by atoms with E-state index in [1.54, 1.807) is 0 Å². The molecule has 0 aromatic heterocycles. The highest BCUT2D eigenvalue weighted by molar-refractivity contribution is 5.96. The van der Waals surface area contributed by atoms with Gasteiger partial charge in [-0.25, -0.2) is 0 Å². The van der Waals surface area contributed by atoms with Gasteiger partial charge in [0.1, 0.15) is 0 Å². The zero-order valence-electron chi connectivity index (χ0n) is 34.5. The zero-order chi connectivity index (χ0) is 40.1. The Morgan fingerprint density at radius 2 is 0.776 bits per heavy atom. The molecule has 0 spiro atoms. The van der Waals surface area contributed by atoms with Crippen molar-refractivity contribution in [1.29, 1.82) is 0 Å². The Bertz CT molecular complexity index is 2580. The molecule has 8 aromatic carbocycles. The smallest absolute Gasteiger partial charge is 0.0714 e. The van der Waals surface area contributed by atoms with Crippen LogP contribution in [0.5, 0.6) is 0 Å². The molecule has 0 saturated carbocycles. The lowest BCUT2D eigenvalue weighted by Gasteiger charge is -2.35. The average Bonchev–Trinajstić information content (AvgIpc) is 3.54. The van der Waals surface area contributed by atoms with Gasteiger partial charge in [-0.1, -0.05) is 205 Å². The van der Waals surface area contributed by atoms with E-state index in [4.69, 9.17) is 0 Å². The van der Waals surface area contributed by atoms with Crippen molar-refractivity contribution < 1.29 is 0 Å². The Morgan fingerprint density at radius 1 is 0.345 bits per heavy atom. The average molecular weight is 750 g/mol. The Morgan fingerprint density at radius 3 is 1.28 bits per heavy atom. The lowest BCUT2D eigenvalue weighted by molar-refractivity contribution is 0.590. The Kier molecular flexibility index (Phi) is 9.29. The molecule has 0 amide bonds. The highest BCUT2D eigenvalue weighted by Crippen LogP contribution is 2.59. The molecule has 0 unspecified atom stereocenters. The third-order valence-corrected chi connectivity index (χ3v) is 12.1. The molecule has 1 heteroatoms. The predicted octanol–water partition coefficient (Wildman–Crippen LogP) is 15.4. The van der Waals surface area contributed by atoms with E-state index in [1.165, 1.54) is 66.8 Å². The Labute approximate surface area is 345 Å². The third-order valence-electron chi connectivity index (χ3n) is 12.1. The van der Waals surface area contributed by atoms with Crippen molar-refractivity contribution in [3.05, 3.63) is 234 Å². The molecule has 0 fully saturated rings. The van der Waals surface area contributed by atoms with Crippen LogP contribution >= 0.6 is 0 Å². The molecule has 0 heterocycles. The van der Waals surface area contributed by atoms with Gasteiger partial charge in [0.05, 0.1) is 11.1 Å². The molecule has 9 rings (SSSR count). The number of benzene rings is 8. The number of anilines is 3. The number of rotatable bonds is 7. The van der Waals surface area contributed by atoms with Crippen molar-refractivity contribution in [2.45, 2.75) is 57.8 Å². The minimum Gasteiger partial charge on any atom is -0.310 e. The van der Waals surface area contributed by atoms with Gasteiger partial charge in [-0.05, 0) is 108 Å². The highest BCUT2D eigenvalue weighted by atomic mass is 15.1. The van der Waals surface area contributed by atoms with Gasteiger partial charge in [0.25, 0.3) is 0 Å². The summed E-state index contributed by atoms with van der Waals surface area (Å²) >= 11 is 0. The largest absolute Gasteiger partial charge is 0.310 e. The first kappa shape index (κ1) is 37.2. The van der Waals surface area contributed by atoms with Crippen molar-refractivity contribution in [3.8, 4) is 33.4 Å². The minimum atomic E-state index is -0.531. The monoisotopic (exact) mass is 749 g/mol. The van der Waals surface area contributed by atoms with Crippen LogP contribution in [-0.2, 0) is 16.2 Å². The fourth-order valence-electron chi connectivity index (χ4n) is 9.01. The Hall–Kier alpha value is -6.44. The van der Waals surface area contributed by atoms with Gasteiger partial charge in [-0.3, -0.25) is 0 Å². The van der Waals surface area contributed by atoms with E-state index in [0.29, 0.717) is 0 Å². The second kappa shape index (κ2) is 14.5. The second-order valence-electron chi connectivity index (χ2n) is 17.8. The summed E-state index contributed by atoms with van der Waals surface area (Å²) in [6, 6.07) is 74.6. The van der Waals surface area contributed by atoms with Crippen molar-refractivity contribution in [3.63, 3.8) is 0 Å². The third kappa shape index (κ3) is 6.45. The molecule has 8 aromatic rings. The fourth-order valence-corrected chi connectivity index (χ4v) is 9.01. The normalized spacial score (nSPS) is 13.1. The van der Waals surface area contributed by atoms with Crippen LogP contribution in [0.2, 0.25) is 0 Å². The van der Waals surface area contributed by atoms with Crippen LogP contribution in [-0.4, -0.2) is 0 Å². The van der Waals surface area contributed by atoms with Crippen LogP contribution < -0.4 is 4.90 Å². The molecule has 1 aliphatic carbocycles. The lowest BCUT2D eigenvalue weighted by Crippen LogP contribution is -2.28. The second-order valence-corrected chi connectivity index (χ2v) is 17.8. The van der Waals surface area contributed by atoms with E-state index in [2.05, 4.69) is 247 Å². The summed E-state index contributed by atoms with van der Waals surface area (Å²) < 4.78 is 0. The van der Waals surface area contributed by atoms with Gasteiger partial charge in [-0.15, -0.1) is 0 Å². The van der Waals surface area contributed by atoms with Gasteiger partial charge >= 0.3 is 0 Å². The first-order valence-electron chi connectivity index (χ1n) is 20.6. The molecule has 0 saturated heterocycles. The van der Waals surface area contributed by atoms with Crippen LogP contribution in [0.25, 0.3) is 33.4 Å². The van der Waals surface area contributed by atoms with E-state index < -0.39 is 5.41 Å². The molecule has 0 aliphatic heterocycles. The van der Waals surface area contributed by atoms with Gasteiger partial charge in [0.15, 0.2) is 0 Å². The fraction of sp³-hybridized carbons (Fsp3) is 0.158. The summed E-state index contributed by atoms with van der Waals surface area (Å²) in [4.78, 5) is 2.49. The quantitative estimate of drug-likeness (QED) is 0.157. The van der Waals surface area contributed by atoms with Crippen LogP contribution in [0.3, 0.4) is 0 Å². The first-order chi connectivity index (χ1) is 28.0. The van der Waals surface area contributed by atoms with Gasteiger partial charge in [0.2, 0.25) is 0 Å². The minimum absolute atomic E-state index is 0.0354. The molecular formula is C57H51N. The van der Waals surface area contributed by atoms with E-state index in [0.717, 1.165) is 17.1 Å². The zero-order valence-corrected chi connectivity index (χ0v) is 34.5. The summed E-state index contributed by atoms with van der Waals surface area (Å²) in [6.07, 6.45) is 0. The van der Waals surface area contributed by atoms with Crippen molar-refractivity contribution in [2.75, 3.05) is 4.90 Å². The molecule has 0 radical (unpaired) electrons. The molecule has 1 aliphatic rings. The maximum atomic E-state index is 2.52. The van der Waals surface area contributed by atoms with Gasteiger partial charge in [0, 0.05) is 16.9 Å². The predicted molar refractivity (Wildman–Crippen MR) is 247 cm³/mol. The van der Waals surface area contributed by atoms with Crippen LogP contribution in [0, 0.1) is 0 Å². The van der Waals surface area contributed by atoms with E-state index in [9.17, 15) is 0 Å². The van der Waals surface area contributed by atoms with E-state index in [1.807, 2.05) is 0 Å². The number of hydrogen-bond donors (Lipinski definition) is 0. The maximum Gasteiger partial charge on any atom is 0.0714 e. The summed E-state index contributed by atoms with van der Waals surface area (Å²) in [5.74, 6) is 0. The summed E-state index contributed by atoms with van der Waals surface area (Å²) in [6.45, 7) is 13.7. The van der Waals surface area contributed by atoms with Crippen LogP contribution in [0.4, 0.5) is 17.1 Å². The Balaban J connectivity index is 1.37. The number of nitrogens with zero attached hydrogens (tertiary/aromatic N) is 1. The van der Waals surface area contributed by atoms with E-state index >= 15 is 0 Å². The summed E-state index contributed by atoms with van der Waals surface area (Å²) in [5.41, 5.74) is 18.0. The van der Waals surface area contributed by atoms with E-state index in [-0.39, 0.29) is 10.8 Å². The molecular weight excluding hydrogens is 699 g/mol. The van der Waals surface area contributed by atoms with Crippen LogP contribution in [0.1, 0.15) is 74.9 Å². The highest BCUT2D eigenvalue weighted by Gasteiger charge is 2.46. The number of hydrogen-bond acceptors (Lipinski definition) is 1. The van der Waals surface area contributed by atoms with Gasteiger partial charge < -0.3 is 4.90 Å². The van der Waals surface area contributed by atoms with Crippen molar-refractivity contribution >= 4 is 17.1 Å². The maximum absolute atomic E-state index is 2.52. The molecule has 58 heavy (non-hydrogen) atoms. The van der Waals surface area contributed by atoms with Crippen LogP contribution in [0.15, 0.2) is 200 Å². The molecule has 0 bridgehead atoms. The van der Waals surface area contributed by atoms with Crippen molar-refractivity contribution in [2.24, 2.45) is 0 Å².